The number of hydrogen-bond acceptors (Lipinski definition) is 0. The molecule has 2 nitrogen and oxygen atoms in total. The fourth-order valence-corrected chi connectivity index (χ4v) is 13.9. The molecule has 0 fully saturated rings. The van der Waals surface area contributed by atoms with Crippen LogP contribution >= 0.6 is 0 Å². The molecule has 11 rings (SSSR count). The minimum absolute atomic E-state index is 0.00898. The molecular formula is C72H86B2N2. The molecule has 0 saturated heterocycles. The first kappa shape index (κ1) is 52.3. The smallest absolute Gasteiger partial charge is 0.247 e. The molecule has 4 heteroatoms. The van der Waals surface area contributed by atoms with E-state index in [1.807, 2.05) is 0 Å². The van der Waals surface area contributed by atoms with Crippen LogP contribution < -0.4 is 32.8 Å². The van der Waals surface area contributed by atoms with E-state index < -0.39 is 0 Å². The van der Waals surface area contributed by atoms with Gasteiger partial charge in [-0.05, 0) is 185 Å². The van der Waals surface area contributed by atoms with E-state index in [0.717, 1.165) is 0 Å². The maximum Gasteiger partial charge on any atom is 0.247 e. The number of aromatic nitrogens is 2. The summed E-state index contributed by atoms with van der Waals surface area (Å²) in [5.74, 6) is 3.78. The number of nitrogens with zero attached hydrogens (tertiary/aromatic N) is 2. The van der Waals surface area contributed by atoms with Crippen molar-refractivity contribution in [2.75, 3.05) is 0 Å². The summed E-state index contributed by atoms with van der Waals surface area (Å²) in [5.41, 5.74) is 31.3. The Hall–Kier alpha value is -5.73. The van der Waals surface area contributed by atoms with Crippen LogP contribution in [-0.4, -0.2) is 22.6 Å². The largest absolute Gasteiger partial charge is 0.310 e. The van der Waals surface area contributed by atoms with E-state index in [4.69, 9.17) is 0 Å². The molecule has 2 aromatic heterocycles. The van der Waals surface area contributed by atoms with E-state index in [2.05, 4.69) is 245 Å². The molecule has 0 radical (unpaired) electrons. The van der Waals surface area contributed by atoms with Crippen LogP contribution in [0, 0.1) is 0 Å². The molecule has 0 N–H and O–H groups in total. The van der Waals surface area contributed by atoms with Gasteiger partial charge < -0.3 is 9.13 Å². The Morgan fingerprint density at radius 2 is 0.539 bits per heavy atom. The molecule has 0 aliphatic carbocycles. The van der Waals surface area contributed by atoms with Gasteiger partial charge in [0.15, 0.2) is 0 Å². The zero-order valence-corrected chi connectivity index (χ0v) is 50.1. The lowest BCUT2D eigenvalue weighted by Crippen LogP contribution is -2.62. The Morgan fingerprint density at radius 3 is 0.816 bits per heavy atom. The summed E-state index contributed by atoms with van der Waals surface area (Å²) in [7, 11) is 0. The highest BCUT2D eigenvalue weighted by molar-refractivity contribution is 7.00. The van der Waals surface area contributed by atoms with Gasteiger partial charge in [-0.15, -0.1) is 0 Å². The van der Waals surface area contributed by atoms with Crippen LogP contribution in [0.2, 0.25) is 0 Å². The second kappa shape index (κ2) is 19.0. The minimum atomic E-state index is 0.00898. The van der Waals surface area contributed by atoms with Crippen molar-refractivity contribution in [3.8, 4) is 11.4 Å². The van der Waals surface area contributed by atoms with Crippen LogP contribution in [0.4, 0.5) is 0 Å². The molecule has 4 heterocycles. The van der Waals surface area contributed by atoms with Gasteiger partial charge in [0, 0.05) is 44.0 Å². The highest BCUT2D eigenvalue weighted by Crippen LogP contribution is 2.42. The first-order valence-corrected chi connectivity index (χ1v) is 29.8. The molecule has 390 valence electrons. The van der Waals surface area contributed by atoms with Crippen LogP contribution in [0.1, 0.15) is 253 Å². The van der Waals surface area contributed by atoms with Crippen molar-refractivity contribution >= 4 is 89.8 Å². The summed E-state index contributed by atoms with van der Waals surface area (Å²) in [6.07, 6.45) is 0. The van der Waals surface area contributed by atoms with Gasteiger partial charge in [0.2, 0.25) is 13.4 Å². The van der Waals surface area contributed by atoms with Crippen molar-refractivity contribution in [1.29, 1.82) is 0 Å². The lowest BCUT2D eigenvalue weighted by molar-refractivity contribution is 0.812. The summed E-state index contributed by atoms with van der Waals surface area (Å²) in [5, 5.41) is 5.51. The van der Waals surface area contributed by atoms with Crippen molar-refractivity contribution < 1.29 is 0 Å². The quantitative estimate of drug-likeness (QED) is 0.108. The van der Waals surface area contributed by atoms with Gasteiger partial charge >= 0.3 is 0 Å². The van der Waals surface area contributed by atoms with Gasteiger partial charge in [0.1, 0.15) is 0 Å². The zero-order chi connectivity index (χ0) is 54.4. The van der Waals surface area contributed by atoms with E-state index in [1.54, 1.807) is 0 Å². The monoisotopic (exact) mass is 1000 g/mol. The molecule has 0 spiro atoms. The predicted octanol–water partition coefficient (Wildman–Crippen LogP) is 16.8. The number of hydrogen-bond donors (Lipinski definition) is 0. The maximum atomic E-state index is 2.75. The first-order chi connectivity index (χ1) is 36.0. The highest BCUT2D eigenvalue weighted by atomic mass is 15.0. The summed E-state index contributed by atoms with van der Waals surface area (Å²) in [6, 6.07) is 41.2. The second-order valence-electron chi connectivity index (χ2n) is 26.8. The van der Waals surface area contributed by atoms with Crippen molar-refractivity contribution in [1.82, 2.24) is 9.13 Å². The number of benzene rings is 7. The zero-order valence-electron chi connectivity index (χ0n) is 50.1. The normalized spacial score (nSPS) is 13.6. The van der Waals surface area contributed by atoms with Crippen LogP contribution in [0.3, 0.4) is 0 Å². The molecule has 9 aromatic rings. The fourth-order valence-electron chi connectivity index (χ4n) is 13.9. The molecule has 0 atom stereocenters. The molecular weight excluding hydrogens is 914 g/mol. The van der Waals surface area contributed by atoms with Crippen molar-refractivity contribution in [2.45, 2.75) is 198 Å². The van der Waals surface area contributed by atoms with Gasteiger partial charge in [-0.3, -0.25) is 0 Å². The molecule has 0 saturated carbocycles. The van der Waals surface area contributed by atoms with E-state index >= 15 is 0 Å². The lowest BCUT2D eigenvalue weighted by Gasteiger charge is -2.36. The van der Waals surface area contributed by atoms with Gasteiger partial charge in [-0.2, -0.15) is 0 Å². The van der Waals surface area contributed by atoms with E-state index in [0.29, 0.717) is 59.2 Å². The molecule has 76 heavy (non-hydrogen) atoms. The van der Waals surface area contributed by atoms with Gasteiger partial charge in [0.05, 0.1) is 11.0 Å². The third kappa shape index (κ3) is 8.02. The van der Waals surface area contributed by atoms with E-state index in [1.165, 1.54) is 143 Å². The van der Waals surface area contributed by atoms with Gasteiger partial charge in [-0.25, -0.2) is 0 Å². The van der Waals surface area contributed by atoms with Crippen LogP contribution in [0.15, 0.2) is 97.1 Å². The molecule has 0 bridgehead atoms. The van der Waals surface area contributed by atoms with Gasteiger partial charge in [-0.1, -0.05) is 198 Å². The molecule has 2 aliphatic rings. The molecule has 0 unspecified atom stereocenters. The minimum Gasteiger partial charge on any atom is -0.310 e. The number of rotatable bonds is 12. The Kier molecular flexibility index (Phi) is 13.1. The van der Waals surface area contributed by atoms with E-state index in [9.17, 15) is 0 Å². The fraction of sp³-hybridized carbons (Fsp3) is 0.417. The van der Waals surface area contributed by atoms with Crippen LogP contribution in [0.5, 0.6) is 0 Å². The van der Waals surface area contributed by atoms with Crippen molar-refractivity contribution in [3.63, 3.8) is 0 Å². The Balaban J connectivity index is 1.41. The van der Waals surface area contributed by atoms with Crippen molar-refractivity contribution in [3.05, 3.63) is 153 Å². The van der Waals surface area contributed by atoms with Crippen LogP contribution in [-0.2, 0) is 0 Å². The second-order valence-corrected chi connectivity index (χ2v) is 26.8. The maximum absolute atomic E-state index is 2.75. The van der Waals surface area contributed by atoms with E-state index in [-0.39, 0.29) is 13.4 Å². The number of fused-ring (bicyclic) bond motifs is 10. The average Bonchev–Trinajstić information content (AvgIpc) is 3.94. The summed E-state index contributed by atoms with van der Waals surface area (Å²) < 4.78 is 5.49. The first-order valence-electron chi connectivity index (χ1n) is 29.8. The third-order valence-electron chi connectivity index (χ3n) is 18.4. The SMILES string of the molecule is CC(C)c1cc(C(C)C)c(B2c3cc4c(cc3-n3c5ccc(C(C)C)cc5c5cc(C(C)C)cc2c53)B(c2c(C(C)C)cc(C(C)C)cc2C(C)C)c2cc(C(C)C)cc3c5cc(C(C)C)ccc5n-4c23)c(C(C)C)c1. The van der Waals surface area contributed by atoms with Gasteiger partial charge in [0.25, 0.3) is 0 Å². The Labute approximate surface area is 458 Å². The Morgan fingerprint density at radius 1 is 0.263 bits per heavy atom. The summed E-state index contributed by atoms with van der Waals surface area (Å²) in [6.45, 7) is 48.0. The van der Waals surface area contributed by atoms with Crippen LogP contribution in [0.25, 0.3) is 55.0 Å². The molecule has 0 amide bonds. The lowest BCUT2D eigenvalue weighted by atomic mass is 9.31. The Bertz CT molecular complexity index is 3500. The third-order valence-corrected chi connectivity index (χ3v) is 18.4. The van der Waals surface area contributed by atoms with Crippen molar-refractivity contribution in [2.24, 2.45) is 0 Å². The average molecular weight is 1000 g/mol. The molecule has 7 aromatic carbocycles. The predicted molar refractivity (Wildman–Crippen MR) is 338 cm³/mol. The summed E-state index contributed by atoms with van der Waals surface area (Å²) in [4.78, 5) is 0. The standard InChI is InChI=1S/C72H86B2N2/c1-37(2)47-21-23-65-57(25-47)59-31-51(41(9)10)33-63-71(59)75(65)67-35-62-68(36-61(67)73(63)69-53(43(13)14)27-49(39(5)6)28-54(69)44(15)16)76-66-24-22-48(38(3)4)26-58(66)60-32-52(42(11)12)34-64(72(60)76)74(62)70-55(45(17)18)29-50(40(7)8)30-56(70)46(19)20/h21-46H,1-20H3. The summed E-state index contributed by atoms with van der Waals surface area (Å²) >= 11 is 0. The topological polar surface area (TPSA) is 9.86 Å². The molecule has 2 aliphatic heterocycles. The highest BCUT2D eigenvalue weighted by Gasteiger charge is 2.43.